The van der Waals surface area contributed by atoms with Gasteiger partial charge in [0.1, 0.15) is 0 Å². The zero-order valence-corrected chi connectivity index (χ0v) is 18.1. The molecule has 1 aliphatic rings. The van der Waals surface area contributed by atoms with Gasteiger partial charge in [0, 0.05) is 17.0 Å². The molecule has 2 atom stereocenters. The van der Waals surface area contributed by atoms with E-state index < -0.39 is 10.0 Å². The molecule has 0 unspecified atom stereocenters. The van der Waals surface area contributed by atoms with Crippen LogP contribution < -0.4 is 10.0 Å². The third-order valence-electron chi connectivity index (χ3n) is 4.75. The number of hydrogen-bond donors (Lipinski definition) is 2. The number of nitrogens with one attached hydrogen (secondary N) is 2. The molecule has 0 radical (unpaired) electrons. The molecule has 2 N–H and O–H groups in total. The smallest absolute Gasteiger partial charge is 0.240 e. The zero-order valence-electron chi connectivity index (χ0n) is 15.7. The standard InChI is InChI=1S/C20H22N4O2S3/c25-29(26,16-11-5-2-6-12-16)24-17-13-7-8-14-18(17)27-20-23-22-19(28-20)21-15-9-3-1-4-10-15/h1-6,9-12,17-18,24H,7-8,13-14H2,(H,21,22)/t17-,18+/m1/s1. The average molecular weight is 447 g/mol. The maximum Gasteiger partial charge on any atom is 0.240 e. The van der Waals surface area contributed by atoms with Gasteiger partial charge in [-0.3, -0.25) is 0 Å². The minimum Gasteiger partial charge on any atom is -0.330 e. The van der Waals surface area contributed by atoms with Gasteiger partial charge in [-0.1, -0.05) is 72.3 Å². The molecule has 6 nitrogen and oxygen atoms in total. The lowest BCUT2D eigenvalue weighted by Gasteiger charge is -2.30. The van der Waals surface area contributed by atoms with Crippen molar-refractivity contribution >= 4 is 43.9 Å². The van der Waals surface area contributed by atoms with Gasteiger partial charge >= 0.3 is 0 Å². The van der Waals surface area contributed by atoms with E-state index in [2.05, 4.69) is 20.2 Å². The second kappa shape index (κ2) is 9.25. The molecule has 0 aliphatic heterocycles. The van der Waals surface area contributed by atoms with Crippen LogP contribution in [0.4, 0.5) is 10.8 Å². The molecule has 2 aromatic carbocycles. The van der Waals surface area contributed by atoms with Crippen LogP contribution in [0, 0.1) is 0 Å². The van der Waals surface area contributed by atoms with Crippen molar-refractivity contribution in [1.82, 2.24) is 14.9 Å². The quantitative estimate of drug-likeness (QED) is 0.549. The monoisotopic (exact) mass is 446 g/mol. The summed E-state index contributed by atoms with van der Waals surface area (Å²) in [5, 5.41) is 12.6. The summed E-state index contributed by atoms with van der Waals surface area (Å²) in [7, 11) is -3.53. The molecule has 1 saturated carbocycles. The number of rotatable bonds is 7. The number of nitrogens with zero attached hydrogens (tertiary/aromatic N) is 2. The number of aromatic nitrogens is 2. The number of sulfonamides is 1. The molecule has 1 aliphatic carbocycles. The fraction of sp³-hybridized carbons (Fsp3) is 0.300. The summed E-state index contributed by atoms with van der Waals surface area (Å²) < 4.78 is 29.3. The SMILES string of the molecule is O=S(=O)(N[C@@H]1CCCC[C@@H]1Sc1nnc(Nc2ccccc2)s1)c1ccccc1. The first kappa shape index (κ1) is 20.3. The summed E-state index contributed by atoms with van der Waals surface area (Å²) in [6.07, 6.45) is 3.90. The van der Waals surface area contributed by atoms with E-state index in [1.165, 1.54) is 11.3 Å². The molecule has 0 saturated heterocycles. The van der Waals surface area contributed by atoms with Crippen molar-refractivity contribution in [3.8, 4) is 0 Å². The van der Waals surface area contributed by atoms with Crippen molar-refractivity contribution < 1.29 is 8.42 Å². The van der Waals surface area contributed by atoms with Gasteiger partial charge in [0.2, 0.25) is 15.2 Å². The van der Waals surface area contributed by atoms with Crippen molar-refractivity contribution in [2.45, 2.75) is 46.2 Å². The van der Waals surface area contributed by atoms with Gasteiger partial charge in [0.25, 0.3) is 0 Å². The van der Waals surface area contributed by atoms with E-state index in [9.17, 15) is 8.42 Å². The molecule has 0 bridgehead atoms. The fourth-order valence-corrected chi connectivity index (χ4v) is 7.04. The van der Waals surface area contributed by atoms with Crippen LogP contribution in [0.1, 0.15) is 25.7 Å². The van der Waals surface area contributed by atoms with Gasteiger partial charge in [-0.25, -0.2) is 13.1 Å². The summed E-state index contributed by atoms with van der Waals surface area (Å²) in [6, 6.07) is 18.3. The Hall–Kier alpha value is -1.94. The van der Waals surface area contributed by atoms with E-state index in [1.807, 2.05) is 36.4 Å². The summed E-state index contributed by atoms with van der Waals surface area (Å²) in [5.74, 6) is 0. The lowest BCUT2D eigenvalue weighted by molar-refractivity contribution is 0.423. The zero-order chi connectivity index (χ0) is 20.1. The second-order valence-electron chi connectivity index (χ2n) is 6.85. The maximum atomic E-state index is 12.7. The van der Waals surface area contributed by atoms with Crippen molar-refractivity contribution in [1.29, 1.82) is 0 Å². The highest BCUT2D eigenvalue weighted by Crippen LogP contribution is 2.37. The van der Waals surface area contributed by atoms with Crippen LogP contribution in [0.15, 0.2) is 69.9 Å². The van der Waals surface area contributed by atoms with Gasteiger partial charge in [-0.15, -0.1) is 10.2 Å². The third-order valence-corrected chi connectivity index (χ3v) is 8.57. The molecule has 0 spiro atoms. The Morgan fingerprint density at radius 3 is 2.38 bits per heavy atom. The predicted molar refractivity (Wildman–Crippen MR) is 118 cm³/mol. The summed E-state index contributed by atoms with van der Waals surface area (Å²) in [5.41, 5.74) is 0.964. The topological polar surface area (TPSA) is 84.0 Å². The summed E-state index contributed by atoms with van der Waals surface area (Å²) in [6.45, 7) is 0. The van der Waals surface area contributed by atoms with Crippen LogP contribution in [0.2, 0.25) is 0 Å². The molecule has 1 aromatic heterocycles. The first-order valence-electron chi connectivity index (χ1n) is 9.50. The lowest BCUT2D eigenvalue weighted by Crippen LogP contribution is -2.43. The largest absolute Gasteiger partial charge is 0.330 e. The number of anilines is 2. The Labute approximate surface area is 179 Å². The van der Waals surface area contributed by atoms with Crippen LogP contribution in [0.5, 0.6) is 0 Å². The normalized spacial score (nSPS) is 19.7. The predicted octanol–water partition coefficient (Wildman–Crippen LogP) is 4.66. The molecule has 29 heavy (non-hydrogen) atoms. The first-order chi connectivity index (χ1) is 14.1. The third kappa shape index (κ3) is 5.36. The van der Waals surface area contributed by atoms with Crippen molar-refractivity contribution in [2.75, 3.05) is 5.32 Å². The fourth-order valence-electron chi connectivity index (χ4n) is 3.32. The Balaban J connectivity index is 1.43. The molecular weight excluding hydrogens is 424 g/mol. The van der Waals surface area contributed by atoms with Crippen LogP contribution in [0.25, 0.3) is 0 Å². The van der Waals surface area contributed by atoms with E-state index in [4.69, 9.17) is 0 Å². The Morgan fingerprint density at radius 1 is 0.931 bits per heavy atom. The molecule has 9 heteroatoms. The van der Waals surface area contributed by atoms with Crippen LogP contribution in [0.3, 0.4) is 0 Å². The minimum atomic E-state index is -3.53. The van der Waals surface area contributed by atoms with Gasteiger partial charge < -0.3 is 5.32 Å². The van der Waals surface area contributed by atoms with Gasteiger partial charge in [0.05, 0.1) is 4.90 Å². The highest BCUT2D eigenvalue weighted by Gasteiger charge is 2.31. The lowest BCUT2D eigenvalue weighted by atomic mass is 9.96. The Kier molecular flexibility index (Phi) is 6.49. The number of para-hydroxylation sites is 1. The van der Waals surface area contributed by atoms with Crippen LogP contribution in [-0.4, -0.2) is 29.9 Å². The molecule has 152 valence electrons. The van der Waals surface area contributed by atoms with Crippen molar-refractivity contribution in [2.24, 2.45) is 0 Å². The molecule has 1 heterocycles. The number of hydrogen-bond acceptors (Lipinski definition) is 7. The van der Waals surface area contributed by atoms with E-state index >= 15 is 0 Å². The van der Waals surface area contributed by atoms with Crippen molar-refractivity contribution in [3.63, 3.8) is 0 Å². The van der Waals surface area contributed by atoms with E-state index in [0.29, 0.717) is 4.90 Å². The Bertz CT molecular complexity index is 1030. The van der Waals surface area contributed by atoms with Crippen LogP contribution in [-0.2, 0) is 10.0 Å². The summed E-state index contributed by atoms with van der Waals surface area (Å²) in [4.78, 5) is 0.305. The van der Waals surface area contributed by atoms with Gasteiger partial charge in [-0.05, 0) is 37.1 Å². The number of thioether (sulfide) groups is 1. The van der Waals surface area contributed by atoms with Gasteiger partial charge in [0.15, 0.2) is 4.34 Å². The molecule has 1 fully saturated rings. The molecular formula is C20H22N4O2S3. The van der Waals surface area contributed by atoms with E-state index in [-0.39, 0.29) is 11.3 Å². The minimum absolute atomic E-state index is 0.117. The Morgan fingerprint density at radius 2 is 1.62 bits per heavy atom. The van der Waals surface area contributed by atoms with Gasteiger partial charge in [-0.2, -0.15) is 0 Å². The molecule has 0 amide bonds. The average Bonchev–Trinajstić information content (AvgIpc) is 3.17. The highest BCUT2D eigenvalue weighted by atomic mass is 32.2. The van der Waals surface area contributed by atoms with E-state index in [1.54, 1.807) is 36.0 Å². The molecule has 4 rings (SSSR count). The highest BCUT2D eigenvalue weighted by molar-refractivity contribution is 8.01. The van der Waals surface area contributed by atoms with Crippen molar-refractivity contribution in [3.05, 3.63) is 60.7 Å². The second-order valence-corrected chi connectivity index (χ2v) is 11.0. The van der Waals surface area contributed by atoms with E-state index in [0.717, 1.165) is 40.8 Å². The van der Waals surface area contributed by atoms with Crippen LogP contribution >= 0.6 is 23.1 Å². The maximum absolute atomic E-state index is 12.7. The first-order valence-corrected chi connectivity index (χ1v) is 12.7. The number of benzene rings is 2. The molecule has 3 aromatic rings. The summed E-state index contributed by atoms with van der Waals surface area (Å²) >= 11 is 3.11.